The van der Waals surface area contributed by atoms with E-state index in [-0.39, 0.29) is 0 Å². The van der Waals surface area contributed by atoms with Crippen LogP contribution in [0.5, 0.6) is 0 Å². The molecule has 0 bridgehead atoms. The zero-order valence-corrected chi connectivity index (χ0v) is 33.0. The molecule has 286 valence electrons. The highest BCUT2D eigenvalue weighted by molar-refractivity contribution is 5.96. The van der Waals surface area contributed by atoms with E-state index in [4.69, 9.17) is 15.0 Å². The number of hydrogen-bond acceptors (Lipinski definition) is 3. The van der Waals surface area contributed by atoms with Gasteiger partial charge in [-0.3, -0.25) is 0 Å². The molecule has 0 radical (unpaired) electrons. The van der Waals surface area contributed by atoms with E-state index in [1.54, 1.807) is 0 Å². The Morgan fingerprint density at radius 2 is 0.700 bits per heavy atom. The summed E-state index contributed by atoms with van der Waals surface area (Å²) in [5.74, 6) is 1.74. The smallest absolute Gasteiger partial charge is 0.164 e. The summed E-state index contributed by atoms with van der Waals surface area (Å²) < 4.78 is 38.3. The van der Waals surface area contributed by atoms with Gasteiger partial charge in [-0.1, -0.05) is 201 Å². The van der Waals surface area contributed by atoms with Gasteiger partial charge in [-0.2, -0.15) is 0 Å². The molecular weight excluding hydrogens is 727 g/mol. The molecule has 1 heterocycles. The summed E-state index contributed by atoms with van der Waals surface area (Å²) in [6.45, 7) is 0. The van der Waals surface area contributed by atoms with Crippen LogP contribution in [0.1, 0.15) is 48.6 Å². The molecular formula is C57H43N3. The van der Waals surface area contributed by atoms with Crippen LogP contribution in [-0.4, -0.2) is 15.0 Å². The quantitative estimate of drug-likeness (QED) is 0.162. The summed E-state index contributed by atoms with van der Waals surface area (Å²) in [6, 6.07) is 68.0. The van der Waals surface area contributed by atoms with E-state index >= 15 is 0 Å². The van der Waals surface area contributed by atoms with Crippen molar-refractivity contribution in [2.24, 2.45) is 0 Å². The molecule has 3 heteroatoms. The van der Waals surface area contributed by atoms with Gasteiger partial charge in [-0.15, -0.1) is 0 Å². The monoisotopic (exact) mass is 773 g/mol. The lowest BCUT2D eigenvalue weighted by atomic mass is 9.67. The molecule has 1 saturated carbocycles. The summed E-state index contributed by atoms with van der Waals surface area (Å²) in [5.41, 5.74) is 12.5. The molecule has 9 aromatic rings. The molecule has 2 aliphatic carbocycles. The minimum atomic E-state index is -1.81. The summed E-state index contributed by atoms with van der Waals surface area (Å²) >= 11 is 0. The molecule has 0 atom stereocenters. The Hall–Kier alpha value is -7.23. The molecule has 1 aromatic heterocycles. The first kappa shape index (κ1) is 31.7. The fraction of sp³-hybridized carbons (Fsp3) is 0.105. The second kappa shape index (κ2) is 15.2. The Labute approximate surface area is 357 Å². The van der Waals surface area contributed by atoms with Crippen LogP contribution in [0.3, 0.4) is 0 Å². The van der Waals surface area contributed by atoms with Crippen molar-refractivity contribution >= 4 is 0 Å². The molecule has 0 N–H and O–H groups in total. The topological polar surface area (TPSA) is 38.7 Å². The summed E-state index contributed by atoms with van der Waals surface area (Å²) in [4.78, 5) is 15.2. The van der Waals surface area contributed by atoms with E-state index in [0.717, 1.165) is 83.5 Å². The Bertz CT molecular complexity index is 3120. The van der Waals surface area contributed by atoms with Crippen molar-refractivity contribution in [1.82, 2.24) is 15.0 Å². The lowest BCUT2D eigenvalue weighted by molar-refractivity contribution is 0.353. The second-order valence-electron chi connectivity index (χ2n) is 15.6. The zero-order chi connectivity index (χ0) is 43.5. The average molecular weight is 774 g/mol. The largest absolute Gasteiger partial charge is 0.208 e. The number of rotatable bonds is 7. The normalized spacial score (nSPS) is 16.5. The van der Waals surface area contributed by atoms with Gasteiger partial charge in [0, 0.05) is 27.6 Å². The Balaban J connectivity index is 1.14. The van der Waals surface area contributed by atoms with Gasteiger partial charge >= 0.3 is 0 Å². The molecule has 0 saturated heterocycles. The van der Waals surface area contributed by atoms with E-state index in [1.165, 1.54) is 0 Å². The third-order valence-electron chi connectivity index (χ3n) is 12.0. The SMILES string of the molecule is [2H]C1([2H])CCCC([2H])([2H])C12c1ccccc1-c1ccc(-c3ccc(-c4ccccc4)c(-c4cc(-c5nc(-c6ccccc6)nc(-c6ccccc6)n5)ccc4-c4ccccc4)c3)cc12. The zero-order valence-electron chi connectivity index (χ0n) is 37.0. The van der Waals surface area contributed by atoms with Crippen molar-refractivity contribution in [3.8, 4) is 89.8 Å². The molecule has 0 amide bonds. The van der Waals surface area contributed by atoms with E-state index < -0.39 is 18.2 Å². The van der Waals surface area contributed by atoms with Gasteiger partial charge in [-0.05, 0) is 97.7 Å². The molecule has 3 nitrogen and oxygen atoms in total. The van der Waals surface area contributed by atoms with Crippen LogP contribution < -0.4 is 0 Å². The van der Waals surface area contributed by atoms with Gasteiger partial charge in [0.1, 0.15) is 0 Å². The lowest BCUT2D eigenvalue weighted by Crippen LogP contribution is -2.28. The molecule has 0 aliphatic heterocycles. The third kappa shape index (κ3) is 6.35. The maximum atomic E-state index is 9.57. The van der Waals surface area contributed by atoms with E-state index in [2.05, 4.69) is 103 Å². The van der Waals surface area contributed by atoms with Crippen molar-refractivity contribution in [2.45, 2.75) is 37.4 Å². The number of fused-ring (bicyclic) bond motifs is 5. The van der Waals surface area contributed by atoms with E-state index in [1.807, 2.05) is 97.1 Å². The Morgan fingerprint density at radius 1 is 0.300 bits per heavy atom. The fourth-order valence-electron chi connectivity index (χ4n) is 9.07. The van der Waals surface area contributed by atoms with Crippen LogP contribution in [0.4, 0.5) is 0 Å². The van der Waals surface area contributed by atoms with Gasteiger partial charge in [-0.25, -0.2) is 15.0 Å². The highest BCUT2D eigenvalue weighted by Crippen LogP contribution is 2.56. The van der Waals surface area contributed by atoms with Crippen LogP contribution in [0.2, 0.25) is 0 Å². The minimum absolute atomic E-state index is 0.292. The highest BCUT2D eigenvalue weighted by Gasteiger charge is 2.43. The third-order valence-corrected chi connectivity index (χ3v) is 12.0. The first-order valence-electron chi connectivity index (χ1n) is 22.7. The predicted molar refractivity (Wildman–Crippen MR) is 247 cm³/mol. The van der Waals surface area contributed by atoms with Gasteiger partial charge in [0.25, 0.3) is 0 Å². The van der Waals surface area contributed by atoms with Gasteiger partial charge in [0.05, 0.1) is 0 Å². The first-order valence-corrected chi connectivity index (χ1v) is 20.7. The molecule has 8 aromatic carbocycles. The fourth-order valence-corrected chi connectivity index (χ4v) is 9.07. The van der Waals surface area contributed by atoms with Gasteiger partial charge in [0.2, 0.25) is 0 Å². The Morgan fingerprint density at radius 3 is 1.25 bits per heavy atom. The first-order chi connectivity index (χ1) is 31.2. The maximum absolute atomic E-state index is 9.57. The maximum Gasteiger partial charge on any atom is 0.164 e. The summed E-state index contributed by atoms with van der Waals surface area (Å²) in [5, 5.41) is 0. The molecule has 2 aliphatic rings. The van der Waals surface area contributed by atoms with Crippen molar-refractivity contribution in [3.05, 3.63) is 211 Å². The number of nitrogens with zero attached hydrogens (tertiary/aromatic N) is 3. The Kier molecular flexibility index (Phi) is 8.02. The molecule has 1 spiro atoms. The molecule has 0 unspecified atom stereocenters. The van der Waals surface area contributed by atoms with E-state index in [9.17, 15) is 5.48 Å². The van der Waals surface area contributed by atoms with Gasteiger partial charge in [0.15, 0.2) is 17.5 Å². The summed E-state index contributed by atoms with van der Waals surface area (Å²) in [6.07, 6.45) is -2.53. The van der Waals surface area contributed by atoms with Crippen LogP contribution in [0.25, 0.3) is 89.8 Å². The predicted octanol–water partition coefficient (Wildman–Crippen LogP) is 14.8. The van der Waals surface area contributed by atoms with Crippen molar-refractivity contribution in [2.75, 3.05) is 0 Å². The van der Waals surface area contributed by atoms with Crippen LogP contribution in [0, 0.1) is 0 Å². The molecule has 1 fully saturated rings. The van der Waals surface area contributed by atoms with Crippen LogP contribution in [-0.2, 0) is 5.41 Å². The summed E-state index contributed by atoms with van der Waals surface area (Å²) in [7, 11) is 0. The second-order valence-corrected chi connectivity index (χ2v) is 15.6. The number of benzene rings is 8. The van der Waals surface area contributed by atoms with Crippen LogP contribution >= 0.6 is 0 Å². The van der Waals surface area contributed by atoms with Crippen molar-refractivity contribution in [3.63, 3.8) is 0 Å². The minimum Gasteiger partial charge on any atom is -0.208 e. The lowest BCUT2D eigenvalue weighted by Gasteiger charge is -2.36. The molecule has 60 heavy (non-hydrogen) atoms. The van der Waals surface area contributed by atoms with Gasteiger partial charge < -0.3 is 0 Å². The standard InChI is InChI=1S/C57H43N3/c1-6-18-39(19-7-1)46-31-28-43(44-29-33-49-48-26-14-15-27-52(48)57(53(49)38-44)34-16-5-17-35-57)36-50(46)51-37-45(30-32-47(51)40-20-8-2-9-21-40)56-59-54(41-22-10-3-11-23-41)58-55(60-56)42-24-12-4-13-25-42/h1-4,6-15,18-33,36-38H,5,16-17,34-35H2/i34D2,35D2. The number of hydrogen-bond donors (Lipinski definition) is 0. The van der Waals surface area contributed by atoms with Crippen molar-refractivity contribution in [1.29, 1.82) is 0 Å². The van der Waals surface area contributed by atoms with Crippen LogP contribution in [0.15, 0.2) is 200 Å². The average Bonchev–Trinajstić information content (AvgIpc) is 3.66. The number of aromatic nitrogens is 3. The van der Waals surface area contributed by atoms with Crippen molar-refractivity contribution < 1.29 is 5.48 Å². The molecule has 11 rings (SSSR count). The van der Waals surface area contributed by atoms with E-state index in [0.29, 0.717) is 36.7 Å². The highest BCUT2D eigenvalue weighted by atomic mass is 15.0.